The van der Waals surface area contributed by atoms with Crippen LogP contribution in [0.1, 0.15) is 0 Å². The van der Waals surface area contributed by atoms with Gasteiger partial charge in [-0.25, -0.2) is 0 Å². The molecule has 0 fully saturated rings. The Morgan fingerprint density at radius 1 is 0.140 bits per heavy atom. The Labute approximate surface area is 291 Å². The first-order valence-electron chi connectivity index (χ1n) is 17.2. The Kier molecular flexibility index (Phi) is 7.61. The summed E-state index contributed by atoms with van der Waals surface area (Å²) in [5.74, 6) is 0. The average Bonchev–Trinajstić information content (AvgIpc) is 3.18. The predicted molar refractivity (Wildman–Crippen MR) is 219 cm³/mol. The molecule has 11 aromatic carbocycles. The van der Waals surface area contributed by atoms with Gasteiger partial charge in [0.15, 0.2) is 0 Å². The van der Waals surface area contributed by atoms with Crippen LogP contribution in [0, 0.1) is 0 Å². The molecule has 0 atom stereocenters. The highest BCUT2D eigenvalue weighted by atomic mass is 14.1. The molecule has 0 aliphatic carbocycles. The number of rotatable bonds is 0. The molecule has 0 bridgehead atoms. The van der Waals surface area contributed by atoms with Crippen LogP contribution in [-0.4, -0.2) is 0 Å². The smallest absolute Gasteiger partial charge is 0.00990 e. The van der Waals surface area contributed by atoms with Gasteiger partial charge >= 0.3 is 0 Å². The van der Waals surface area contributed by atoms with Crippen LogP contribution in [0.15, 0.2) is 206 Å². The standard InChI is InChI=1S/2C18H12.C14H10/c1-2-7-15-12-18-16(11-14(15)6-1)10-9-13-5-3-4-8-17(13)18;1-2-6-14-10-18-12-16-8-4-3-7-15(16)11-17(18)9-13(14)5-1;1-2-6-12-10-14-8-4-3-7-13(14)9-11(12)5-1/h2*1-12H;1-10H. The van der Waals surface area contributed by atoms with Crippen molar-refractivity contribution in [3.05, 3.63) is 206 Å². The Balaban J connectivity index is 0.000000102. The maximum atomic E-state index is 2.30. The van der Waals surface area contributed by atoms with Gasteiger partial charge in [0.2, 0.25) is 0 Å². The first-order valence-corrected chi connectivity index (χ1v) is 17.2. The van der Waals surface area contributed by atoms with Crippen LogP contribution in [0.3, 0.4) is 0 Å². The molecule has 0 heterocycles. The largest absolute Gasteiger partial charge is 0.0616 e. The summed E-state index contributed by atoms with van der Waals surface area (Å²) in [5, 5.41) is 21.0. The SMILES string of the molecule is c1ccc2cc3c(ccc4ccccc43)cc2c1.c1ccc2cc3cc4ccccc4cc3cc2c1.c1ccc2cc3ccccc3cc2c1. The zero-order chi connectivity index (χ0) is 33.3. The van der Waals surface area contributed by atoms with Crippen LogP contribution in [0.5, 0.6) is 0 Å². The molecule has 0 unspecified atom stereocenters. The minimum absolute atomic E-state index is 1.31. The molecule has 50 heavy (non-hydrogen) atoms. The van der Waals surface area contributed by atoms with E-state index in [4.69, 9.17) is 0 Å². The third kappa shape index (κ3) is 5.78. The van der Waals surface area contributed by atoms with Gasteiger partial charge in [0.05, 0.1) is 0 Å². The van der Waals surface area contributed by atoms with Gasteiger partial charge in [-0.05, 0) is 135 Å². The first kappa shape index (κ1) is 29.6. The summed E-state index contributed by atoms with van der Waals surface area (Å²) in [6.45, 7) is 0. The summed E-state index contributed by atoms with van der Waals surface area (Å²) in [7, 11) is 0. The molecule has 0 N–H and O–H groups in total. The summed E-state index contributed by atoms with van der Waals surface area (Å²) in [6.07, 6.45) is 0. The van der Waals surface area contributed by atoms with Crippen molar-refractivity contribution in [2.75, 3.05) is 0 Å². The summed E-state index contributed by atoms with van der Waals surface area (Å²) >= 11 is 0. The zero-order valence-electron chi connectivity index (χ0n) is 27.6. The third-order valence-corrected chi connectivity index (χ3v) is 9.79. The maximum Gasteiger partial charge on any atom is -0.00990 e. The van der Waals surface area contributed by atoms with Crippen molar-refractivity contribution in [2.45, 2.75) is 0 Å². The van der Waals surface area contributed by atoms with E-state index in [-0.39, 0.29) is 0 Å². The van der Waals surface area contributed by atoms with Crippen LogP contribution in [-0.2, 0) is 0 Å². The summed E-state index contributed by atoms with van der Waals surface area (Å²) in [4.78, 5) is 0. The molecule has 0 saturated carbocycles. The average molecular weight is 635 g/mol. The maximum absolute atomic E-state index is 2.30. The van der Waals surface area contributed by atoms with E-state index in [9.17, 15) is 0 Å². The monoisotopic (exact) mass is 634 g/mol. The van der Waals surface area contributed by atoms with Crippen LogP contribution in [0.2, 0.25) is 0 Å². The van der Waals surface area contributed by atoms with Crippen LogP contribution >= 0.6 is 0 Å². The zero-order valence-corrected chi connectivity index (χ0v) is 27.6. The van der Waals surface area contributed by atoms with Gasteiger partial charge in [-0.1, -0.05) is 158 Å². The topological polar surface area (TPSA) is 0 Å². The highest BCUT2D eigenvalue weighted by molar-refractivity contribution is 6.12. The van der Waals surface area contributed by atoms with E-state index in [1.54, 1.807) is 0 Å². The van der Waals surface area contributed by atoms with E-state index in [1.165, 1.54) is 86.2 Å². The molecule has 11 aromatic rings. The van der Waals surface area contributed by atoms with Crippen molar-refractivity contribution in [3.63, 3.8) is 0 Å². The van der Waals surface area contributed by atoms with E-state index in [0.29, 0.717) is 0 Å². The lowest BCUT2D eigenvalue weighted by molar-refractivity contribution is 1.76. The minimum Gasteiger partial charge on any atom is -0.0616 e. The summed E-state index contributed by atoms with van der Waals surface area (Å²) < 4.78 is 0. The fourth-order valence-corrected chi connectivity index (χ4v) is 7.21. The predicted octanol–water partition coefficient (Wildman–Crippen LogP) is 14.3. The minimum atomic E-state index is 1.31. The van der Waals surface area contributed by atoms with Gasteiger partial charge in [0.1, 0.15) is 0 Å². The summed E-state index contributed by atoms with van der Waals surface area (Å²) in [6, 6.07) is 73.7. The van der Waals surface area contributed by atoms with Crippen molar-refractivity contribution in [2.24, 2.45) is 0 Å². The van der Waals surface area contributed by atoms with E-state index in [2.05, 4.69) is 206 Å². The van der Waals surface area contributed by atoms with E-state index in [0.717, 1.165) is 0 Å². The second-order valence-corrected chi connectivity index (χ2v) is 13.0. The van der Waals surface area contributed by atoms with E-state index >= 15 is 0 Å². The number of hydrogen-bond acceptors (Lipinski definition) is 0. The lowest BCUT2D eigenvalue weighted by atomic mass is 9.98. The van der Waals surface area contributed by atoms with Crippen LogP contribution in [0.25, 0.3) is 86.2 Å². The van der Waals surface area contributed by atoms with Gasteiger partial charge < -0.3 is 0 Å². The molecule has 0 amide bonds. The van der Waals surface area contributed by atoms with Gasteiger partial charge in [-0.3, -0.25) is 0 Å². The highest BCUT2D eigenvalue weighted by Gasteiger charge is 2.03. The molecular formula is C50H34. The van der Waals surface area contributed by atoms with Gasteiger partial charge in [0.25, 0.3) is 0 Å². The van der Waals surface area contributed by atoms with Gasteiger partial charge in [0, 0.05) is 0 Å². The second kappa shape index (κ2) is 12.8. The Hall–Kier alpha value is -6.50. The summed E-state index contributed by atoms with van der Waals surface area (Å²) in [5.41, 5.74) is 0. The molecule has 0 radical (unpaired) electrons. The van der Waals surface area contributed by atoms with E-state index < -0.39 is 0 Å². The molecule has 0 aliphatic heterocycles. The highest BCUT2D eigenvalue weighted by Crippen LogP contribution is 2.30. The Bertz CT molecular complexity index is 2700. The molecular weight excluding hydrogens is 601 g/mol. The molecule has 0 heteroatoms. The molecule has 234 valence electrons. The lowest BCUT2D eigenvalue weighted by Crippen LogP contribution is -1.79. The molecule has 0 spiro atoms. The van der Waals surface area contributed by atoms with Crippen LogP contribution < -0.4 is 0 Å². The fraction of sp³-hybridized carbons (Fsp3) is 0. The second-order valence-electron chi connectivity index (χ2n) is 13.0. The van der Waals surface area contributed by atoms with Crippen molar-refractivity contribution in [3.8, 4) is 0 Å². The molecule has 0 aliphatic rings. The van der Waals surface area contributed by atoms with Crippen LogP contribution in [0.4, 0.5) is 0 Å². The normalized spacial score (nSPS) is 11.2. The number of benzene rings is 11. The molecule has 0 nitrogen and oxygen atoms in total. The fourth-order valence-electron chi connectivity index (χ4n) is 7.21. The molecule has 0 aromatic heterocycles. The van der Waals surface area contributed by atoms with Gasteiger partial charge in [-0.15, -0.1) is 0 Å². The molecule has 11 rings (SSSR count). The lowest BCUT2D eigenvalue weighted by Gasteiger charge is -2.06. The third-order valence-electron chi connectivity index (χ3n) is 9.79. The number of fused-ring (bicyclic) bond motifs is 9. The van der Waals surface area contributed by atoms with Gasteiger partial charge in [-0.2, -0.15) is 0 Å². The Morgan fingerprint density at radius 2 is 0.380 bits per heavy atom. The van der Waals surface area contributed by atoms with Crippen molar-refractivity contribution in [1.29, 1.82) is 0 Å². The number of hydrogen-bond donors (Lipinski definition) is 0. The first-order chi connectivity index (χ1) is 24.7. The van der Waals surface area contributed by atoms with E-state index in [1.807, 2.05) is 0 Å². The van der Waals surface area contributed by atoms with Crippen molar-refractivity contribution >= 4 is 86.2 Å². The quantitative estimate of drug-likeness (QED) is 0.115. The van der Waals surface area contributed by atoms with Crippen molar-refractivity contribution in [1.82, 2.24) is 0 Å². The molecule has 0 saturated heterocycles. The van der Waals surface area contributed by atoms with Crippen molar-refractivity contribution < 1.29 is 0 Å². The Morgan fingerprint density at radius 3 is 0.740 bits per heavy atom.